The van der Waals surface area contributed by atoms with Crippen molar-refractivity contribution in [1.82, 2.24) is 19.7 Å². The SMILES string of the molecule is O=C(O)c1ccc(-n2c(Sc3nc(-c4ccc(Cl)cc4)cs3)nnc2-c2cccs2)cc1. The lowest BCUT2D eigenvalue weighted by Crippen LogP contribution is -2.01. The van der Waals surface area contributed by atoms with Gasteiger partial charge in [0.1, 0.15) is 0 Å². The molecule has 0 radical (unpaired) electrons. The Kier molecular flexibility index (Phi) is 5.79. The molecule has 0 spiro atoms. The van der Waals surface area contributed by atoms with Crippen LogP contribution in [0.2, 0.25) is 5.02 Å². The maximum Gasteiger partial charge on any atom is 0.335 e. The summed E-state index contributed by atoms with van der Waals surface area (Å²) in [6.07, 6.45) is 0. The fourth-order valence-corrected chi connectivity index (χ4v) is 5.62. The lowest BCUT2D eigenvalue weighted by molar-refractivity contribution is 0.0697. The molecule has 0 aliphatic carbocycles. The van der Waals surface area contributed by atoms with Gasteiger partial charge in [0, 0.05) is 21.7 Å². The molecule has 0 bridgehead atoms. The van der Waals surface area contributed by atoms with Gasteiger partial charge >= 0.3 is 5.97 Å². The fraction of sp³-hybridized carbons (Fsp3) is 0. The second-order valence-electron chi connectivity index (χ2n) is 6.58. The first-order valence-corrected chi connectivity index (χ1v) is 12.3. The normalized spacial score (nSPS) is 11.0. The van der Waals surface area contributed by atoms with Crippen LogP contribution < -0.4 is 0 Å². The molecular weight excluding hydrogens is 484 g/mol. The molecule has 0 saturated heterocycles. The number of halogens is 1. The van der Waals surface area contributed by atoms with E-state index in [2.05, 4.69) is 10.2 Å². The Morgan fingerprint density at radius 1 is 1.00 bits per heavy atom. The highest BCUT2D eigenvalue weighted by atomic mass is 35.5. The Hall–Kier alpha value is -2.98. The first-order chi connectivity index (χ1) is 15.6. The molecular formula is C22H13ClN4O2S3. The van der Waals surface area contributed by atoms with Gasteiger partial charge < -0.3 is 5.11 Å². The zero-order valence-electron chi connectivity index (χ0n) is 16.2. The molecule has 2 aromatic carbocycles. The summed E-state index contributed by atoms with van der Waals surface area (Å²) in [5, 5.41) is 23.3. The van der Waals surface area contributed by atoms with Gasteiger partial charge in [-0.15, -0.1) is 32.9 Å². The third-order valence-corrected chi connectivity index (χ3v) is 7.55. The van der Waals surface area contributed by atoms with Crippen LogP contribution in [0.25, 0.3) is 27.6 Å². The Labute approximate surface area is 200 Å². The molecule has 0 aliphatic heterocycles. The van der Waals surface area contributed by atoms with Crippen LogP contribution in [0.15, 0.2) is 80.9 Å². The van der Waals surface area contributed by atoms with Crippen LogP contribution in [0, 0.1) is 0 Å². The number of carbonyl (C=O) groups is 1. The maximum absolute atomic E-state index is 11.3. The van der Waals surface area contributed by atoms with E-state index in [4.69, 9.17) is 16.6 Å². The van der Waals surface area contributed by atoms with Gasteiger partial charge in [-0.2, -0.15) is 0 Å². The number of thiazole rings is 1. The summed E-state index contributed by atoms with van der Waals surface area (Å²) in [5.41, 5.74) is 2.86. The number of carboxylic acids is 1. The molecule has 5 aromatic rings. The molecule has 0 saturated carbocycles. The van der Waals surface area contributed by atoms with Crippen molar-refractivity contribution in [3.63, 3.8) is 0 Å². The van der Waals surface area contributed by atoms with Gasteiger partial charge in [0.25, 0.3) is 0 Å². The lowest BCUT2D eigenvalue weighted by atomic mass is 10.2. The zero-order chi connectivity index (χ0) is 22.1. The van der Waals surface area contributed by atoms with E-state index in [0.717, 1.165) is 26.2 Å². The summed E-state index contributed by atoms with van der Waals surface area (Å²) in [5.74, 6) is -0.272. The average molecular weight is 497 g/mol. The second kappa shape index (κ2) is 8.87. The second-order valence-corrected chi connectivity index (χ2v) is 10.0. The predicted octanol–water partition coefficient (Wildman–Crippen LogP) is 6.62. The Balaban J connectivity index is 1.52. The van der Waals surface area contributed by atoms with Crippen LogP contribution in [0.5, 0.6) is 0 Å². The molecule has 0 aliphatic rings. The first kappa shape index (κ1) is 20.9. The van der Waals surface area contributed by atoms with E-state index in [9.17, 15) is 9.90 Å². The van der Waals surface area contributed by atoms with Gasteiger partial charge in [-0.05, 0) is 59.6 Å². The van der Waals surface area contributed by atoms with Gasteiger partial charge in [-0.1, -0.05) is 29.8 Å². The number of nitrogens with zero attached hydrogens (tertiary/aromatic N) is 4. The summed E-state index contributed by atoms with van der Waals surface area (Å²) in [6.45, 7) is 0. The number of thiophene rings is 1. The Morgan fingerprint density at radius 3 is 2.47 bits per heavy atom. The number of hydrogen-bond acceptors (Lipinski definition) is 7. The standard InChI is InChI=1S/C22H13ClN4O2S3/c23-15-7-3-13(4-8-15)17-12-31-22(24-17)32-21-26-25-19(18-2-1-11-30-18)27(21)16-9-5-14(6-10-16)20(28)29/h1-12H,(H,28,29). The van der Waals surface area contributed by atoms with Crippen LogP contribution in [0.1, 0.15) is 10.4 Å². The summed E-state index contributed by atoms with van der Waals surface area (Å²) in [4.78, 5) is 16.9. The third kappa shape index (κ3) is 4.20. The minimum atomic E-state index is -0.967. The molecule has 32 heavy (non-hydrogen) atoms. The average Bonchev–Trinajstić information content (AvgIpc) is 3.56. The largest absolute Gasteiger partial charge is 0.478 e. The number of rotatable bonds is 6. The quantitative estimate of drug-likeness (QED) is 0.284. The van der Waals surface area contributed by atoms with E-state index in [0.29, 0.717) is 16.0 Å². The van der Waals surface area contributed by atoms with Crippen molar-refractivity contribution in [1.29, 1.82) is 0 Å². The van der Waals surface area contributed by atoms with E-state index >= 15 is 0 Å². The fourth-order valence-electron chi connectivity index (χ4n) is 3.02. The topological polar surface area (TPSA) is 80.9 Å². The molecule has 3 heterocycles. The van der Waals surface area contributed by atoms with Gasteiger partial charge in [0.05, 0.1) is 16.1 Å². The van der Waals surface area contributed by atoms with Gasteiger partial charge in [0.2, 0.25) is 5.16 Å². The minimum Gasteiger partial charge on any atom is -0.478 e. The number of carboxylic acid groups (broad SMARTS) is 1. The van der Waals surface area contributed by atoms with Gasteiger partial charge in [-0.3, -0.25) is 4.57 Å². The molecule has 0 amide bonds. The monoisotopic (exact) mass is 496 g/mol. The van der Waals surface area contributed by atoms with Crippen LogP contribution in [-0.2, 0) is 0 Å². The van der Waals surface area contributed by atoms with Crippen LogP contribution in [0.4, 0.5) is 0 Å². The lowest BCUT2D eigenvalue weighted by Gasteiger charge is -2.09. The van der Waals surface area contributed by atoms with E-state index < -0.39 is 5.97 Å². The van der Waals surface area contributed by atoms with Gasteiger partial charge in [-0.25, -0.2) is 9.78 Å². The summed E-state index contributed by atoms with van der Waals surface area (Å²) in [7, 11) is 0. The molecule has 0 atom stereocenters. The molecule has 0 fully saturated rings. The molecule has 158 valence electrons. The highest BCUT2D eigenvalue weighted by Gasteiger charge is 2.19. The summed E-state index contributed by atoms with van der Waals surface area (Å²) in [6, 6.07) is 18.2. The number of benzene rings is 2. The molecule has 0 unspecified atom stereocenters. The minimum absolute atomic E-state index is 0.223. The smallest absolute Gasteiger partial charge is 0.335 e. The van der Waals surface area contributed by atoms with Crippen molar-refractivity contribution in [2.75, 3.05) is 0 Å². The van der Waals surface area contributed by atoms with Crippen molar-refractivity contribution in [3.05, 3.63) is 82.0 Å². The van der Waals surface area contributed by atoms with E-state index in [-0.39, 0.29) is 5.56 Å². The van der Waals surface area contributed by atoms with Gasteiger partial charge in [0.15, 0.2) is 10.2 Å². The molecule has 6 nitrogen and oxygen atoms in total. The molecule has 5 rings (SSSR count). The van der Waals surface area contributed by atoms with Crippen LogP contribution >= 0.6 is 46.0 Å². The first-order valence-electron chi connectivity index (χ1n) is 9.31. The molecule has 10 heteroatoms. The van der Waals surface area contributed by atoms with Crippen molar-refractivity contribution in [2.45, 2.75) is 9.50 Å². The highest BCUT2D eigenvalue weighted by Crippen LogP contribution is 2.36. The van der Waals surface area contributed by atoms with Crippen LogP contribution in [-0.4, -0.2) is 30.8 Å². The maximum atomic E-state index is 11.3. The Morgan fingerprint density at radius 2 is 1.78 bits per heavy atom. The van der Waals surface area contributed by atoms with E-state index in [1.807, 2.05) is 51.7 Å². The highest BCUT2D eigenvalue weighted by molar-refractivity contribution is 8.00. The predicted molar refractivity (Wildman–Crippen MR) is 128 cm³/mol. The summed E-state index contributed by atoms with van der Waals surface area (Å²) < 4.78 is 2.74. The molecule has 1 N–H and O–H groups in total. The number of hydrogen-bond donors (Lipinski definition) is 1. The van der Waals surface area contributed by atoms with Crippen LogP contribution in [0.3, 0.4) is 0 Å². The number of aromatic carboxylic acids is 1. The zero-order valence-corrected chi connectivity index (χ0v) is 19.4. The van der Waals surface area contributed by atoms with Crippen molar-refractivity contribution in [3.8, 4) is 27.6 Å². The van der Waals surface area contributed by atoms with Crippen molar-refractivity contribution >= 4 is 52.0 Å². The van der Waals surface area contributed by atoms with Crippen molar-refractivity contribution < 1.29 is 9.90 Å². The van der Waals surface area contributed by atoms with E-state index in [1.165, 1.54) is 23.1 Å². The van der Waals surface area contributed by atoms with E-state index in [1.54, 1.807) is 35.6 Å². The van der Waals surface area contributed by atoms with Crippen molar-refractivity contribution in [2.24, 2.45) is 0 Å². The molecule has 3 aromatic heterocycles. The Bertz CT molecular complexity index is 1380. The number of aromatic nitrogens is 4. The third-order valence-electron chi connectivity index (χ3n) is 4.55. The summed E-state index contributed by atoms with van der Waals surface area (Å²) >= 11 is 10.5.